The summed E-state index contributed by atoms with van der Waals surface area (Å²) in [7, 11) is 0. The van der Waals surface area contributed by atoms with Crippen LogP contribution in [-0.4, -0.2) is 30.3 Å². The molecule has 0 aliphatic carbocycles. The van der Waals surface area contributed by atoms with Crippen LogP contribution in [0.2, 0.25) is 0 Å². The van der Waals surface area contributed by atoms with Crippen molar-refractivity contribution < 1.29 is 4.79 Å². The zero-order chi connectivity index (χ0) is 16.8. The van der Waals surface area contributed by atoms with Crippen LogP contribution >= 0.6 is 11.6 Å². The van der Waals surface area contributed by atoms with Crippen LogP contribution < -0.4 is 5.32 Å². The Morgan fingerprint density at radius 3 is 2.46 bits per heavy atom. The third kappa shape index (κ3) is 4.37. The molecule has 2 aromatic carbocycles. The van der Waals surface area contributed by atoms with Gasteiger partial charge < -0.3 is 10.1 Å². The van der Waals surface area contributed by atoms with Gasteiger partial charge in [-0.25, -0.2) is 0 Å². The minimum Gasteiger partial charge on any atom is -0.382 e. The average Bonchev–Trinajstić information content (AvgIpc) is 2.64. The molecule has 1 heterocycles. The highest BCUT2D eigenvalue weighted by Gasteiger charge is 2.20. The van der Waals surface area contributed by atoms with E-state index < -0.39 is 5.38 Å². The van der Waals surface area contributed by atoms with Crippen molar-refractivity contribution >= 4 is 23.6 Å². The molecule has 4 heteroatoms. The van der Waals surface area contributed by atoms with E-state index in [-0.39, 0.29) is 0 Å². The molecule has 1 aliphatic heterocycles. The van der Waals surface area contributed by atoms with Crippen LogP contribution in [0.5, 0.6) is 0 Å². The lowest BCUT2D eigenvalue weighted by molar-refractivity contribution is -0.107. The van der Waals surface area contributed by atoms with Gasteiger partial charge in [0.25, 0.3) is 0 Å². The van der Waals surface area contributed by atoms with E-state index in [0.29, 0.717) is 6.04 Å². The highest BCUT2D eigenvalue weighted by Crippen LogP contribution is 2.28. The Balaban J connectivity index is 1.55. The van der Waals surface area contributed by atoms with Gasteiger partial charge in [0.05, 0.1) is 0 Å². The van der Waals surface area contributed by atoms with Gasteiger partial charge in [-0.3, -0.25) is 4.90 Å². The number of halogens is 1. The molecule has 1 saturated heterocycles. The molecule has 0 amide bonds. The number of carbonyl (C=O) groups is 1. The second-order valence-electron chi connectivity index (χ2n) is 6.31. The Kier molecular flexibility index (Phi) is 5.89. The first-order chi connectivity index (χ1) is 11.8. The highest BCUT2D eigenvalue weighted by atomic mass is 35.5. The van der Waals surface area contributed by atoms with Crippen molar-refractivity contribution in [2.24, 2.45) is 0 Å². The van der Waals surface area contributed by atoms with Gasteiger partial charge in [0.2, 0.25) is 0 Å². The Morgan fingerprint density at radius 1 is 1.08 bits per heavy atom. The Morgan fingerprint density at radius 2 is 1.75 bits per heavy atom. The number of piperidine rings is 1. The number of benzene rings is 2. The number of nitrogens with one attached hydrogen (secondary N) is 1. The number of rotatable bonds is 6. The predicted molar refractivity (Wildman–Crippen MR) is 99.5 cm³/mol. The van der Waals surface area contributed by atoms with Gasteiger partial charge in [0.1, 0.15) is 11.7 Å². The lowest BCUT2D eigenvalue weighted by atomic mass is 10.0. The number of para-hydroxylation sites is 1. The lowest BCUT2D eigenvalue weighted by Crippen LogP contribution is -2.38. The number of alkyl halides is 1. The minimum atomic E-state index is -0.591. The maximum atomic E-state index is 11.0. The molecule has 3 nitrogen and oxygen atoms in total. The van der Waals surface area contributed by atoms with E-state index in [2.05, 4.69) is 40.5 Å². The molecule has 0 radical (unpaired) electrons. The van der Waals surface area contributed by atoms with Crippen LogP contribution in [0.4, 0.5) is 5.69 Å². The molecule has 126 valence electrons. The number of carbonyl (C=O) groups excluding carboxylic acids is 1. The third-order valence-electron chi connectivity index (χ3n) is 4.57. The van der Waals surface area contributed by atoms with E-state index in [1.807, 2.05) is 24.3 Å². The maximum Gasteiger partial charge on any atom is 0.142 e. The molecule has 1 N–H and O–H groups in total. The van der Waals surface area contributed by atoms with Crippen LogP contribution in [0.15, 0.2) is 54.6 Å². The third-order valence-corrected chi connectivity index (χ3v) is 4.91. The summed E-state index contributed by atoms with van der Waals surface area (Å²) in [6, 6.07) is 18.8. The average molecular weight is 343 g/mol. The van der Waals surface area contributed by atoms with Crippen molar-refractivity contribution in [3.05, 3.63) is 65.7 Å². The van der Waals surface area contributed by atoms with Gasteiger partial charge >= 0.3 is 0 Å². The van der Waals surface area contributed by atoms with Gasteiger partial charge in [-0.2, -0.15) is 0 Å². The number of likely N-dealkylation sites (tertiary alicyclic amines) is 1. The highest BCUT2D eigenvalue weighted by molar-refractivity contribution is 6.28. The van der Waals surface area contributed by atoms with E-state index in [9.17, 15) is 4.79 Å². The molecule has 24 heavy (non-hydrogen) atoms. The molecule has 1 atom stereocenters. The van der Waals surface area contributed by atoms with Gasteiger partial charge in [-0.15, -0.1) is 11.6 Å². The van der Waals surface area contributed by atoms with E-state index in [1.165, 1.54) is 5.56 Å². The Labute approximate surface area is 148 Å². The summed E-state index contributed by atoms with van der Waals surface area (Å²) in [4.78, 5) is 13.5. The molecule has 0 saturated carbocycles. The normalized spacial score (nSPS) is 17.4. The molecule has 0 spiro atoms. The number of hydrogen-bond donors (Lipinski definition) is 1. The molecule has 3 rings (SSSR count). The van der Waals surface area contributed by atoms with Crippen LogP contribution in [-0.2, 0) is 11.3 Å². The van der Waals surface area contributed by atoms with Crippen molar-refractivity contribution in [1.82, 2.24) is 4.90 Å². The van der Waals surface area contributed by atoms with E-state index in [4.69, 9.17) is 11.6 Å². The van der Waals surface area contributed by atoms with Crippen molar-refractivity contribution in [3.8, 4) is 0 Å². The van der Waals surface area contributed by atoms with Crippen molar-refractivity contribution in [2.45, 2.75) is 30.8 Å². The molecular weight excluding hydrogens is 320 g/mol. The molecule has 0 bridgehead atoms. The van der Waals surface area contributed by atoms with Crippen molar-refractivity contribution in [1.29, 1.82) is 0 Å². The van der Waals surface area contributed by atoms with Gasteiger partial charge in [0, 0.05) is 36.9 Å². The fourth-order valence-corrected chi connectivity index (χ4v) is 3.43. The number of aldehydes is 1. The summed E-state index contributed by atoms with van der Waals surface area (Å²) in [6.07, 6.45) is 2.97. The SMILES string of the molecule is O=CC(Cl)c1ccccc1NC1CCN(Cc2ccccc2)CC1. The molecule has 0 aromatic heterocycles. The van der Waals surface area contributed by atoms with Crippen LogP contribution in [0, 0.1) is 0 Å². The summed E-state index contributed by atoms with van der Waals surface area (Å²) in [5.41, 5.74) is 3.21. The molecule has 1 unspecified atom stereocenters. The van der Waals surface area contributed by atoms with Crippen molar-refractivity contribution in [3.63, 3.8) is 0 Å². The number of hydrogen-bond acceptors (Lipinski definition) is 3. The van der Waals surface area contributed by atoms with Crippen LogP contribution in [0.1, 0.15) is 29.3 Å². The smallest absolute Gasteiger partial charge is 0.142 e. The number of anilines is 1. The zero-order valence-corrected chi connectivity index (χ0v) is 14.5. The van der Waals surface area contributed by atoms with E-state index >= 15 is 0 Å². The first-order valence-corrected chi connectivity index (χ1v) is 8.91. The summed E-state index contributed by atoms with van der Waals surface area (Å²) >= 11 is 6.11. The fraction of sp³-hybridized carbons (Fsp3) is 0.350. The summed E-state index contributed by atoms with van der Waals surface area (Å²) in [6.45, 7) is 3.17. The Hall–Kier alpha value is -1.84. The number of nitrogens with zero attached hydrogens (tertiary/aromatic N) is 1. The van der Waals surface area contributed by atoms with Crippen molar-refractivity contribution in [2.75, 3.05) is 18.4 Å². The zero-order valence-electron chi connectivity index (χ0n) is 13.7. The van der Waals surface area contributed by atoms with Crippen LogP contribution in [0.3, 0.4) is 0 Å². The Bertz CT molecular complexity index is 654. The van der Waals surface area contributed by atoms with Crippen LogP contribution in [0.25, 0.3) is 0 Å². The largest absolute Gasteiger partial charge is 0.382 e. The van der Waals surface area contributed by atoms with Gasteiger partial charge in [-0.1, -0.05) is 48.5 Å². The first-order valence-electron chi connectivity index (χ1n) is 8.47. The van der Waals surface area contributed by atoms with E-state index in [1.54, 1.807) is 0 Å². The topological polar surface area (TPSA) is 32.3 Å². The molecular formula is C20H23ClN2O. The predicted octanol–water partition coefficient (Wildman–Crippen LogP) is 4.24. The van der Waals surface area contributed by atoms with E-state index in [0.717, 1.165) is 50.0 Å². The maximum absolute atomic E-state index is 11.0. The molecule has 1 fully saturated rings. The monoisotopic (exact) mass is 342 g/mol. The minimum absolute atomic E-state index is 0.425. The van der Waals surface area contributed by atoms with Gasteiger partial charge in [0.15, 0.2) is 0 Å². The summed E-state index contributed by atoms with van der Waals surface area (Å²) < 4.78 is 0. The second-order valence-corrected chi connectivity index (χ2v) is 6.78. The quantitative estimate of drug-likeness (QED) is 0.629. The summed E-state index contributed by atoms with van der Waals surface area (Å²) in [5, 5.41) is 2.99. The molecule has 1 aliphatic rings. The molecule has 2 aromatic rings. The lowest BCUT2D eigenvalue weighted by Gasteiger charge is -2.33. The van der Waals surface area contributed by atoms with Gasteiger partial charge in [-0.05, 0) is 24.5 Å². The first kappa shape index (κ1) is 17.0. The second kappa shape index (κ2) is 8.32. The standard InChI is InChI=1S/C20H23ClN2O/c21-19(15-24)18-8-4-5-9-20(18)22-17-10-12-23(13-11-17)14-16-6-2-1-3-7-16/h1-9,15,17,19,22H,10-14H2. The summed E-state index contributed by atoms with van der Waals surface area (Å²) in [5.74, 6) is 0. The fourth-order valence-electron chi connectivity index (χ4n) is 3.24.